The summed E-state index contributed by atoms with van der Waals surface area (Å²) < 4.78 is 14.8. The third kappa shape index (κ3) is 5.60. The predicted molar refractivity (Wildman–Crippen MR) is 119 cm³/mol. The third-order valence-electron chi connectivity index (χ3n) is 4.78. The van der Waals surface area contributed by atoms with Gasteiger partial charge < -0.3 is 0 Å². The SMILES string of the molecule is CCCc1ccc(C#Cc2c(F)cc(C#Cc3ccc(C)cc3)cc2CC)cc1. The monoisotopic (exact) mass is 380 g/mol. The molecule has 0 bridgehead atoms. The van der Waals surface area contributed by atoms with Gasteiger partial charge in [-0.25, -0.2) is 4.39 Å². The smallest absolute Gasteiger partial charge is 0.140 e. The van der Waals surface area contributed by atoms with Crippen molar-refractivity contribution in [1.82, 2.24) is 0 Å². The van der Waals surface area contributed by atoms with Gasteiger partial charge in [0.2, 0.25) is 0 Å². The largest absolute Gasteiger partial charge is 0.206 e. The van der Waals surface area contributed by atoms with E-state index >= 15 is 0 Å². The molecule has 1 heteroatoms. The Labute approximate surface area is 173 Å². The van der Waals surface area contributed by atoms with Crippen LogP contribution in [-0.2, 0) is 12.8 Å². The molecule has 0 aliphatic rings. The molecule has 0 fully saturated rings. The maximum atomic E-state index is 14.8. The number of benzene rings is 3. The van der Waals surface area contributed by atoms with Crippen molar-refractivity contribution in [3.05, 3.63) is 105 Å². The normalized spacial score (nSPS) is 9.93. The van der Waals surface area contributed by atoms with Crippen LogP contribution in [0.2, 0.25) is 0 Å². The van der Waals surface area contributed by atoms with E-state index in [1.807, 2.05) is 56.3 Å². The predicted octanol–water partition coefficient (Wildman–Crippen LogP) is 6.45. The second-order valence-corrected chi connectivity index (χ2v) is 7.16. The van der Waals surface area contributed by atoms with Crippen LogP contribution in [0.5, 0.6) is 0 Å². The summed E-state index contributed by atoms with van der Waals surface area (Å²) in [5.41, 5.74) is 6.33. The fraction of sp³-hybridized carbons (Fsp3) is 0.214. The molecule has 0 unspecified atom stereocenters. The highest BCUT2D eigenvalue weighted by atomic mass is 19.1. The summed E-state index contributed by atoms with van der Waals surface area (Å²) in [6.07, 6.45) is 2.89. The molecule has 0 nitrogen and oxygen atoms in total. The molecule has 0 spiro atoms. The summed E-state index contributed by atoms with van der Waals surface area (Å²) in [4.78, 5) is 0. The van der Waals surface area contributed by atoms with Crippen molar-refractivity contribution >= 4 is 0 Å². The summed E-state index contributed by atoms with van der Waals surface area (Å²) in [6, 6.07) is 19.6. The van der Waals surface area contributed by atoms with E-state index in [0.717, 1.165) is 29.5 Å². The van der Waals surface area contributed by atoms with Gasteiger partial charge in [-0.15, -0.1) is 0 Å². The van der Waals surface area contributed by atoms with E-state index in [0.29, 0.717) is 17.5 Å². The molecule has 3 rings (SSSR count). The molecule has 0 saturated carbocycles. The maximum Gasteiger partial charge on any atom is 0.140 e. The Hall–Kier alpha value is -3.29. The highest BCUT2D eigenvalue weighted by Gasteiger charge is 2.07. The van der Waals surface area contributed by atoms with Crippen LogP contribution in [0.15, 0.2) is 60.7 Å². The Balaban J connectivity index is 1.87. The van der Waals surface area contributed by atoms with E-state index in [2.05, 4.69) is 42.7 Å². The molecule has 144 valence electrons. The van der Waals surface area contributed by atoms with Gasteiger partial charge in [0.1, 0.15) is 5.82 Å². The second-order valence-electron chi connectivity index (χ2n) is 7.16. The molecule has 0 aliphatic heterocycles. The van der Waals surface area contributed by atoms with Crippen LogP contribution in [0.1, 0.15) is 59.2 Å². The first kappa shape index (κ1) is 20.4. The highest BCUT2D eigenvalue weighted by molar-refractivity contribution is 5.52. The Morgan fingerprint density at radius 3 is 1.93 bits per heavy atom. The van der Waals surface area contributed by atoms with Gasteiger partial charge in [-0.2, -0.15) is 0 Å². The molecule has 0 atom stereocenters. The lowest BCUT2D eigenvalue weighted by atomic mass is 10.0. The minimum Gasteiger partial charge on any atom is -0.206 e. The molecule has 3 aromatic rings. The van der Waals surface area contributed by atoms with Gasteiger partial charge in [-0.3, -0.25) is 0 Å². The average molecular weight is 381 g/mol. The van der Waals surface area contributed by atoms with Crippen molar-refractivity contribution < 1.29 is 4.39 Å². The van der Waals surface area contributed by atoms with Gasteiger partial charge >= 0.3 is 0 Å². The first-order valence-corrected chi connectivity index (χ1v) is 10.1. The molecule has 29 heavy (non-hydrogen) atoms. The van der Waals surface area contributed by atoms with Gasteiger partial charge in [-0.05, 0) is 67.3 Å². The molecular formula is C28H25F. The summed E-state index contributed by atoms with van der Waals surface area (Å²) in [7, 11) is 0. The lowest BCUT2D eigenvalue weighted by molar-refractivity contribution is 0.621. The molecule has 0 aromatic heterocycles. The van der Waals surface area contributed by atoms with Crippen LogP contribution < -0.4 is 0 Å². The zero-order valence-corrected chi connectivity index (χ0v) is 17.3. The van der Waals surface area contributed by atoms with Crippen LogP contribution in [0.4, 0.5) is 4.39 Å². The van der Waals surface area contributed by atoms with Gasteiger partial charge in [-0.1, -0.05) is 73.8 Å². The number of hydrogen-bond donors (Lipinski definition) is 0. The number of halogens is 1. The van der Waals surface area contributed by atoms with Gasteiger partial charge in [0.05, 0.1) is 5.56 Å². The summed E-state index contributed by atoms with van der Waals surface area (Å²) >= 11 is 0. The van der Waals surface area contributed by atoms with E-state index in [-0.39, 0.29) is 5.82 Å². The fourth-order valence-corrected chi connectivity index (χ4v) is 3.11. The van der Waals surface area contributed by atoms with Crippen molar-refractivity contribution in [2.45, 2.75) is 40.0 Å². The van der Waals surface area contributed by atoms with Crippen molar-refractivity contribution in [1.29, 1.82) is 0 Å². The first-order chi connectivity index (χ1) is 14.1. The lowest BCUT2D eigenvalue weighted by Gasteiger charge is -2.04. The van der Waals surface area contributed by atoms with Gasteiger partial charge in [0, 0.05) is 16.7 Å². The van der Waals surface area contributed by atoms with E-state index in [4.69, 9.17) is 0 Å². The van der Waals surface area contributed by atoms with Crippen molar-refractivity contribution in [2.24, 2.45) is 0 Å². The van der Waals surface area contributed by atoms with Crippen LogP contribution in [0.3, 0.4) is 0 Å². The molecule has 0 amide bonds. The molecule has 0 N–H and O–H groups in total. The molecule has 0 saturated heterocycles. The topological polar surface area (TPSA) is 0 Å². The number of aryl methyl sites for hydroxylation is 3. The molecule has 0 aliphatic carbocycles. The summed E-state index contributed by atoms with van der Waals surface area (Å²) in [5.74, 6) is 12.0. The Morgan fingerprint density at radius 1 is 0.724 bits per heavy atom. The van der Waals surface area contributed by atoms with Crippen LogP contribution in [0, 0.1) is 36.4 Å². The molecule has 0 heterocycles. The summed E-state index contributed by atoms with van der Waals surface area (Å²) in [5, 5.41) is 0. The standard InChI is InChI=1S/C28H25F/c1-4-6-22-11-13-24(14-12-22)17-18-27-26(5-2)19-25(20-28(27)29)16-15-23-9-7-21(3)8-10-23/h7-14,19-20H,4-6H2,1-3H3. The van der Waals surface area contributed by atoms with Crippen molar-refractivity contribution in [2.75, 3.05) is 0 Å². The zero-order valence-electron chi connectivity index (χ0n) is 17.3. The molecule has 0 radical (unpaired) electrons. The third-order valence-corrected chi connectivity index (χ3v) is 4.78. The maximum absolute atomic E-state index is 14.8. The van der Waals surface area contributed by atoms with Crippen molar-refractivity contribution in [3.63, 3.8) is 0 Å². The number of rotatable bonds is 3. The van der Waals surface area contributed by atoms with Crippen molar-refractivity contribution in [3.8, 4) is 23.7 Å². The minimum atomic E-state index is -0.312. The molecule has 3 aromatic carbocycles. The minimum absolute atomic E-state index is 0.312. The van der Waals surface area contributed by atoms with E-state index in [9.17, 15) is 4.39 Å². The average Bonchev–Trinajstić information content (AvgIpc) is 2.73. The van der Waals surface area contributed by atoms with E-state index in [1.165, 1.54) is 17.2 Å². The lowest BCUT2D eigenvalue weighted by Crippen LogP contribution is -1.95. The highest BCUT2D eigenvalue weighted by Crippen LogP contribution is 2.17. The first-order valence-electron chi connectivity index (χ1n) is 10.1. The number of hydrogen-bond acceptors (Lipinski definition) is 0. The Bertz CT molecular complexity index is 1100. The van der Waals surface area contributed by atoms with E-state index < -0.39 is 0 Å². The zero-order chi connectivity index (χ0) is 20.6. The Morgan fingerprint density at radius 2 is 1.31 bits per heavy atom. The van der Waals surface area contributed by atoms with Crippen LogP contribution in [-0.4, -0.2) is 0 Å². The van der Waals surface area contributed by atoms with Crippen LogP contribution >= 0.6 is 0 Å². The van der Waals surface area contributed by atoms with Crippen LogP contribution in [0.25, 0.3) is 0 Å². The van der Waals surface area contributed by atoms with Gasteiger partial charge in [0.15, 0.2) is 0 Å². The van der Waals surface area contributed by atoms with E-state index in [1.54, 1.807) is 0 Å². The quantitative estimate of drug-likeness (QED) is 0.458. The fourth-order valence-electron chi connectivity index (χ4n) is 3.11. The Kier molecular flexibility index (Phi) is 6.89. The summed E-state index contributed by atoms with van der Waals surface area (Å²) in [6.45, 7) is 6.22. The second kappa shape index (κ2) is 9.77. The van der Waals surface area contributed by atoms with Gasteiger partial charge in [0.25, 0.3) is 0 Å². The molecular weight excluding hydrogens is 355 g/mol.